The minimum Gasteiger partial charge on any atom is -0.383 e. The lowest BCUT2D eigenvalue weighted by molar-refractivity contribution is 0.633. The van der Waals surface area contributed by atoms with Gasteiger partial charge in [-0.2, -0.15) is 0 Å². The predicted octanol–water partition coefficient (Wildman–Crippen LogP) is 1.07. The number of rotatable bonds is 2. The molecule has 2 rings (SSSR count). The predicted molar refractivity (Wildman–Crippen MR) is 48.3 cm³/mol. The largest absolute Gasteiger partial charge is 0.383 e. The molecule has 1 aliphatic carbocycles. The zero-order valence-corrected chi connectivity index (χ0v) is 6.90. The van der Waals surface area contributed by atoms with Gasteiger partial charge >= 0.3 is 0 Å². The van der Waals surface area contributed by atoms with Crippen molar-refractivity contribution < 1.29 is 0 Å². The summed E-state index contributed by atoms with van der Waals surface area (Å²) in [7, 11) is 0. The molecular formula is C9H13N3. The molecule has 0 aromatic carbocycles. The van der Waals surface area contributed by atoms with Crippen molar-refractivity contribution in [3.05, 3.63) is 23.9 Å². The lowest BCUT2D eigenvalue weighted by Gasteiger charge is -2.11. The second-order valence-corrected chi connectivity index (χ2v) is 3.34. The van der Waals surface area contributed by atoms with E-state index in [9.17, 15) is 0 Å². The van der Waals surface area contributed by atoms with Crippen LogP contribution in [0.4, 0.5) is 5.82 Å². The number of anilines is 1. The van der Waals surface area contributed by atoms with Crippen LogP contribution in [0.5, 0.6) is 0 Å². The summed E-state index contributed by atoms with van der Waals surface area (Å²) >= 11 is 0. The first-order chi connectivity index (χ1) is 5.79. The van der Waals surface area contributed by atoms with Crippen molar-refractivity contribution in [2.24, 2.45) is 11.7 Å². The Morgan fingerprint density at radius 1 is 1.50 bits per heavy atom. The second-order valence-electron chi connectivity index (χ2n) is 3.34. The van der Waals surface area contributed by atoms with Gasteiger partial charge in [-0.15, -0.1) is 0 Å². The first kappa shape index (κ1) is 7.55. The summed E-state index contributed by atoms with van der Waals surface area (Å²) in [6, 6.07) is 3.94. The van der Waals surface area contributed by atoms with Gasteiger partial charge in [0.1, 0.15) is 5.82 Å². The first-order valence-electron chi connectivity index (χ1n) is 4.25. The van der Waals surface area contributed by atoms with Crippen LogP contribution in [0, 0.1) is 5.92 Å². The SMILES string of the molecule is Nc1ncccc1[C@@H](N)C1CC1. The molecule has 0 amide bonds. The average molecular weight is 163 g/mol. The molecule has 1 aromatic rings. The van der Waals surface area contributed by atoms with Gasteiger partial charge in [0.2, 0.25) is 0 Å². The second kappa shape index (κ2) is 2.75. The number of aromatic nitrogens is 1. The third-order valence-corrected chi connectivity index (χ3v) is 2.36. The number of nitrogen functional groups attached to an aromatic ring is 1. The Kier molecular flexibility index (Phi) is 1.73. The standard InChI is InChI=1S/C9H13N3/c10-8(6-3-4-6)7-2-1-5-12-9(7)11/h1-2,5-6,8H,3-4,10H2,(H2,11,12)/t8-/m0/s1. The molecule has 0 aliphatic heterocycles. The molecule has 1 saturated carbocycles. The van der Waals surface area contributed by atoms with Crippen LogP contribution in [0.2, 0.25) is 0 Å². The Morgan fingerprint density at radius 3 is 2.83 bits per heavy atom. The topological polar surface area (TPSA) is 64.9 Å². The highest BCUT2D eigenvalue weighted by atomic mass is 14.8. The summed E-state index contributed by atoms with van der Waals surface area (Å²) in [5.41, 5.74) is 12.7. The van der Waals surface area contributed by atoms with E-state index in [1.165, 1.54) is 12.8 Å². The highest BCUT2D eigenvalue weighted by Crippen LogP contribution is 2.40. The van der Waals surface area contributed by atoms with Crippen LogP contribution in [0.25, 0.3) is 0 Å². The van der Waals surface area contributed by atoms with E-state index in [1.807, 2.05) is 12.1 Å². The van der Waals surface area contributed by atoms with Crippen molar-refractivity contribution in [2.75, 3.05) is 5.73 Å². The quantitative estimate of drug-likeness (QED) is 0.685. The fraction of sp³-hybridized carbons (Fsp3) is 0.444. The molecule has 1 heterocycles. The molecular weight excluding hydrogens is 150 g/mol. The summed E-state index contributed by atoms with van der Waals surface area (Å²) in [6.45, 7) is 0. The van der Waals surface area contributed by atoms with Crippen LogP contribution < -0.4 is 11.5 Å². The zero-order chi connectivity index (χ0) is 8.55. The van der Waals surface area contributed by atoms with Gasteiger partial charge in [-0.3, -0.25) is 0 Å². The van der Waals surface area contributed by atoms with Gasteiger partial charge in [0.05, 0.1) is 0 Å². The highest BCUT2D eigenvalue weighted by Gasteiger charge is 2.30. The third kappa shape index (κ3) is 1.28. The maximum Gasteiger partial charge on any atom is 0.128 e. The molecule has 12 heavy (non-hydrogen) atoms. The van der Waals surface area contributed by atoms with E-state index in [-0.39, 0.29) is 6.04 Å². The lowest BCUT2D eigenvalue weighted by atomic mass is 10.0. The van der Waals surface area contributed by atoms with E-state index < -0.39 is 0 Å². The number of nitrogens with zero attached hydrogens (tertiary/aromatic N) is 1. The van der Waals surface area contributed by atoms with Crippen molar-refractivity contribution in [3.63, 3.8) is 0 Å². The lowest BCUT2D eigenvalue weighted by Crippen LogP contribution is -2.14. The zero-order valence-electron chi connectivity index (χ0n) is 6.90. The van der Waals surface area contributed by atoms with Gasteiger partial charge in [-0.1, -0.05) is 6.07 Å². The van der Waals surface area contributed by atoms with Gasteiger partial charge in [0, 0.05) is 17.8 Å². The van der Waals surface area contributed by atoms with Crippen LogP contribution in [-0.2, 0) is 0 Å². The molecule has 1 aliphatic rings. The normalized spacial score (nSPS) is 19.1. The van der Waals surface area contributed by atoms with E-state index in [2.05, 4.69) is 4.98 Å². The van der Waals surface area contributed by atoms with Gasteiger partial charge in [0.25, 0.3) is 0 Å². The van der Waals surface area contributed by atoms with Crippen LogP contribution >= 0.6 is 0 Å². The monoisotopic (exact) mass is 163 g/mol. The van der Waals surface area contributed by atoms with Gasteiger partial charge < -0.3 is 11.5 Å². The summed E-state index contributed by atoms with van der Waals surface area (Å²) in [6.07, 6.45) is 4.16. The van der Waals surface area contributed by atoms with E-state index in [4.69, 9.17) is 11.5 Å². The van der Waals surface area contributed by atoms with Crippen molar-refractivity contribution in [3.8, 4) is 0 Å². The number of hydrogen-bond acceptors (Lipinski definition) is 3. The van der Waals surface area contributed by atoms with Crippen molar-refractivity contribution in [2.45, 2.75) is 18.9 Å². The maximum absolute atomic E-state index is 5.98. The molecule has 0 bridgehead atoms. The minimum absolute atomic E-state index is 0.0960. The number of pyridine rings is 1. The fourth-order valence-corrected chi connectivity index (χ4v) is 1.42. The van der Waals surface area contributed by atoms with Crippen LogP contribution in [-0.4, -0.2) is 4.98 Å². The van der Waals surface area contributed by atoms with E-state index in [1.54, 1.807) is 6.20 Å². The maximum atomic E-state index is 5.98. The molecule has 4 N–H and O–H groups in total. The van der Waals surface area contributed by atoms with Crippen molar-refractivity contribution in [1.29, 1.82) is 0 Å². The average Bonchev–Trinajstić information content (AvgIpc) is 2.86. The number of nitrogens with two attached hydrogens (primary N) is 2. The Balaban J connectivity index is 2.25. The molecule has 1 atom stereocenters. The first-order valence-corrected chi connectivity index (χ1v) is 4.25. The fourth-order valence-electron chi connectivity index (χ4n) is 1.42. The van der Waals surface area contributed by atoms with E-state index >= 15 is 0 Å². The van der Waals surface area contributed by atoms with Gasteiger partial charge in [-0.25, -0.2) is 4.98 Å². The summed E-state index contributed by atoms with van der Waals surface area (Å²) in [5.74, 6) is 1.22. The Hall–Kier alpha value is -1.09. The van der Waals surface area contributed by atoms with Crippen molar-refractivity contribution in [1.82, 2.24) is 4.98 Å². The molecule has 0 spiro atoms. The smallest absolute Gasteiger partial charge is 0.128 e. The van der Waals surface area contributed by atoms with Gasteiger partial charge in [-0.05, 0) is 24.8 Å². The Bertz CT molecular complexity index is 281. The minimum atomic E-state index is 0.0960. The molecule has 1 fully saturated rings. The molecule has 1 aromatic heterocycles. The van der Waals surface area contributed by atoms with Crippen molar-refractivity contribution >= 4 is 5.82 Å². The Labute approximate surface area is 71.8 Å². The molecule has 0 unspecified atom stereocenters. The highest BCUT2D eigenvalue weighted by molar-refractivity contribution is 5.41. The molecule has 0 radical (unpaired) electrons. The summed E-state index contributed by atoms with van der Waals surface area (Å²) in [5, 5.41) is 0. The molecule has 64 valence electrons. The number of hydrogen-bond donors (Lipinski definition) is 2. The summed E-state index contributed by atoms with van der Waals surface area (Å²) < 4.78 is 0. The third-order valence-electron chi connectivity index (χ3n) is 2.36. The molecule has 0 saturated heterocycles. The molecule has 3 heteroatoms. The summed E-state index contributed by atoms with van der Waals surface area (Å²) in [4.78, 5) is 4.01. The van der Waals surface area contributed by atoms with E-state index in [0.29, 0.717) is 11.7 Å². The van der Waals surface area contributed by atoms with Crippen LogP contribution in [0.1, 0.15) is 24.4 Å². The van der Waals surface area contributed by atoms with Crippen LogP contribution in [0.15, 0.2) is 18.3 Å². The van der Waals surface area contributed by atoms with E-state index in [0.717, 1.165) is 5.56 Å². The van der Waals surface area contributed by atoms with Gasteiger partial charge in [0.15, 0.2) is 0 Å². The Morgan fingerprint density at radius 2 is 2.25 bits per heavy atom. The van der Waals surface area contributed by atoms with Crippen LogP contribution in [0.3, 0.4) is 0 Å². The molecule has 3 nitrogen and oxygen atoms in total.